The van der Waals surface area contributed by atoms with Crippen molar-refractivity contribution in [3.8, 4) is 5.75 Å². The zero-order valence-electron chi connectivity index (χ0n) is 28.8. The number of rotatable bonds is 19. The summed E-state index contributed by atoms with van der Waals surface area (Å²) in [7, 11) is -3.16. The fraction of sp³-hybridized carbons (Fsp3) is 0.485. The number of nitrogens with zero attached hydrogens (tertiary/aromatic N) is 4. The molecule has 0 spiro atoms. The number of ether oxygens (including phenoxy) is 2. The van der Waals surface area contributed by atoms with Crippen LogP contribution in [0.5, 0.6) is 5.75 Å². The lowest BCUT2D eigenvalue weighted by atomic mass is 10.1. The Kier molecular flexibility index (Phi) is 13.7. The number of esters is 1. The van der Waals surface area contributed by atoms with E-state index in [9.17, 15) is 22.8 Å². The Morgan fingerprint density at radius 1 is 1.16 bits per heavy atom. The Bertz CT molecular complexity index is 1660. The maximum Gasteiger partial charge on any atom is 0.325 e. The number of benzene rings is 2. The van der Waals surface area contributed by atoms with Crippen molar-refractivity contribution in [2.24, 2.45) is 15.8 Å². The number of aliphatic imine (C=N–C) groups is 1. The lowest BCUT2D eigenvalue weighted by Gasteiger charge is -2.37. The highest BCUT2D eigenvalue weighted by Crippen LogP contribution is 2.35. The molecule has 1 unspecified atom stereocenters. The van der Waals surface area contributed by atoms with Gasteiger partial charge in [-0.25, -0.2) is 8.42 Å². The van der Waals surface area contributed by atoms with Crippen LogP contribution < -0.4 is 35.8 Å². The Morgan fingerprint density at radius 2 is 1.92 bits per heavy atom. The average Bonchev–Trinajstić information content (AvgIpc) is 3.48. The van der Waals surface area contributed by atoms with Crippen LogP contribution in [-0.4, -0.2) is 109 Å². The summed E-state index contributed by atoms with van der Waals surface area (Å²) >= 11 is 0. The van der Waals surface area contributed by atoms with Crippen molar-refractivity contribution in [2.45, 2.75) is 50.5 Å². The summed E-state index contributed by atoms with van der Waals surface area (Å²) in [6.45, 7) is 6.32. The molecule has 2 aliphatic rings. The van der Waals surface area contributed by atoms with E-state index >= 15 is 0 Å². The number of amides is 2. The van der Waals surface area contributed by atoms with Crippen LogP contribution in [0, 0.1) is 13.8 Å². The molecular weight excluding hydrogens is 666 g/mol. The zero-order valence-corrected chi connectivity index (χ0v) is 29.6. The average molecular weight is 715 g/mol. The number of sulfonamides is 1. The minimum absolute atomic E-state index is 0.0312. The van der Waals surface area contributed by atoms with Gasteiger partial charge in [0.2, 0.25) is 15.9 Å². The second-order valence-corrected chi connectivity index (χ2v) is 13.6. The summed E-state index contributed by atoms with van der Waals surface area (Å²) in [5, 5.41) is 15.2. The highest BCUT2D eigenvalue weighted by Gasteiger charge is 2.45. The first kappa shape index (κ1) is 38.2. The highest BCUT2D eigenvalue weighted by molar-refractivity contribution is 7.89. The maximum atomic E-state index is 13.9. The molecule has 2 amide bonds. The van der Waals surface area contributed by atoms with E-state index in [-0.39, 0.29) is 35.1 Å². The fourth-order valence-corrected chi connectivity index (χ4v) is 7.57. The van der Waals surface area contributed by atoms with Gasteiger partial charge in [0.25, 0.3) is 6.41 Å². The number of guanidine groups is 1. The van der Waals surface area contributed by atoms with Crippen molar-refractivity contribution in [1.29, 1.82) is 0 Å². The summed E-state index contributed by atoms with van der Waals surface area (Å²) in [6, 6.07) is 9.12. The highest BCUT2D eigenvalue weighted by atomic mass is 32.2. The predicted octanol–water partition coefficient (Wildman–Crippen LogP) is 0.415. The molecule has 2 heterocycles. The number of fused-ring (bicyclic) bond motifs is 1. The van der Waals surface area contributed by atoms with Crippen LogP contribution in [0.3, 0.4) is 0 Å². The SMILES string of the molecule is COC(=O)[C@H](CN(C=O)[N+]1(CCCNC2=NCCCN2)N=Cc2ccccc21)NS(=O)(=O)c1c(C)cc(OCCCC(=O)NCCN)cc1C. The summed E-state index contributed by atoms with van der Waals surface area (Å²) in [5.41, 5.74) is 7.67. The largest absolute Gasteiger partial charge is 0.494 e. The van der Waals surface area contributed by atoms with Gasteiger partial charge in [-0.3, -0.25) is 19.4 Å². The molecule has 17 heteroatoms. The van der Waals surface area contributed by atoms with E-state index in [1.165, 1.54) is 5.01 Å². The molecule has 0 aliphatic carbocycles. The number of para-hydroxylation sites is 1. The number of hydrogen-bond acceptors (Lipinski definition) is 12. The van der Waals surface area contributed by atoms with Gasteiger partial charge in [-0.2, -0.15) is 9.73 Å². The van der Waals surface area contributed by atoms with Crippen LogP contribution in [0.2, 0.25) is 0 Å². The number of hydrogen-bond donors (Lipinski definition) is 5. The van der Waals surface area contributed by atoms with Gasteiger partial charge >= 0.3 is 5.97 Å². The normalized spacial score (nSPS) is 17.2. The first-order valence-corrected chi connectivity index (χ1v) is 18.1. The van der Waals surface area contributed by atoms with Crippen LogP contribution in [0.4, 0.5) is 5.69 Å². The number of nitrogens with one attached hydrogen (secondary N) is 4. The van der Waals surface area contributed by atoms with Gasteiger partial charge in [0.15, 0.2) is 11.6 Å². The van der Waals surface area contributed by atoms with Crippen molar-refractivity contribution < 1.29 is 32.3 Å². The van der Waals surface area contributed by atoms with Crippen molar-refractivity contribution in [3.05, 3.63) is 53.1 Å². The van der Waals surface area contributed by atoms with Gasteiger partial charge in [0, 0.05) is 51.6 Å². The number of carbonyl (C=O) groups excluding carboxylic acids is 3. The third-order valence-corrected chi connectivity index (χ3v) is 10.0. The zero-order chi connectivity index (χ0) is 36.1. The first-order valence-electron chi connectivity index (χ1n) is 16.6. The Morgan fingerprint density at radius 3 is 2.60 bits per heavy atom. The molecule has 0 radical (unpaired) electrons. The van der Waals surface area contributed by atoms with E-state index in [0.29, 0.717) is 74.0 Å². The molecule has 50 heavy (non-hydrogen) atoms. The molecule has 272 valence electrons. The molecule has 6 N–H and O–H groups in total. The van der Waals surface area contributed by atoms with Gasteiger partial charge < -0.3 is 31.2 Å². The molecule has 0 fully saturated rings. The molecule has 0 aromatic heterocycles. The molecule has 2 atom stereocenters. The Balaban J connectivity index is 1.51. The van der Waals surface area contributed by atoms with Gasteiger partial charge in [-0.15, -0.1) is 0 Å². The molecular formula is C33H48N9O7S+. The van der Waals surface area contributed by atoms with Gasteiger partial charge in [0.1, 0.15) is 24.9 Å². The van der Waals surface area contributed by atoms with Crippen LogP contribution in [0.15, 0.2) is 51.4 Å². The second-order valence-electron chi connectivity index (χ2n) is 11.9. The fourth-order valence-electron chi connectivity index (χ4n) is 5.94. The van der Waals surface area contributed by atoms with E-state index in [4.69, 9.17) is 20.3 Å². The minimum Gasteiger partial charge on any atom is -0.494 e. The van der Waals surface area contributed by atoms with Crippen molar-refractivity contribution in [3.63, 3.8) is 0 Å². The lowest BCUT2D eigenvalue weighted by Crippen LogP contribution is -2.62. The summed E-state index contributed by atoms with van der Waals surface area (Å²) in [4.78, 5) is 42.2. The van der Waals surface area contributed by atoms with E-state index in [0.717, 1.165) is 32.2 Å². The van der Waals surface area contributed by atoms with Crippen LogP contribution in [-0.2, 0) is 29.1 Å². The smallest absolute Gasteiger partial charge is 0.325 e. The minimum atomic E-state index is -4.32. The number of aryl methyl sites for hydroxylation is 2. The second kappa shape index (κ2) is 17.9. The maximum absolute atomic E-state index is 13.9. The monoisotopic (exact) mass is 714 g/mol. The van der Waals surface area contributed by atoms with E-state index in [1.54, 1.807) is 32.2 Å². The molecule has 0 bridgehead atoms. The molecule has 16 nitrogen and oxygen atoms in total. The molecule has 2 aromatic carbocycles. The van der Waals surface area contributed by atoms with Crippen molar-refractivity contribution in [1.82, 2.24) is 30.4 Å². The number of methoxy groups -OCH3 is 1. The summed E-state index contributed by atoms with van der Waals surface area (Å²) < 4.78 is 40.8. The quantitative estimate of drug-likeness (QED) is 0.0587. The molecule has 0 saturated heterocycles. The Labute approximate surface area is 293 Å². The van der Waals surface area contributed by atoms with Crippen molar-refractivity contribution in [2.75, 3.05) is 59.5 Å². The number of carbonyl (C=O) groups is 3. The summed E-state index contributed by atoms with van der Waals surface area (Å²) in [5.74, 6) is 0.161. The number of quaternary nitrogens is 1. The first-order chi connectivity index (χ1) is 24.0. The third kappa shape index (κ3) is 9.56. The molecule has 4 rings (SSSR count). The predicted molar refractivity (Wildman–Crippen MR) is 190 cm³/mol. The van der Waals surface area contributed by atoms with Gasteiger partial charge in [-0.05, 0) is 56.0 Å². The van der Waals surface area contributed by atoms with Crippen molar-refractivity contribution >= 4 is 46.2 Å². The number of nitrogens with two attached hydrogens (primary N) is 1. The van der Waals surface area contributed by atoms with Gasteiger partial charge in [0.05, 0.1) is 30.4 Å². The van der Waals surface area contributed by atoms with E-state index in [1.807, 2.05) is 24.3 Å². The third-order valence-electron chi connectivity index (χ3n) is 8.23. The van der Waals surface area contributed by atoms with Crippen LogP contribution >= 0.6 is 0 Å². The van der Waals surface area contributed by atoms with E-state index in [2.05, 4.69) is 25.7 Å². The molecule has 2 aliphatic heterocycles. The van der Waals surface area contributed by atoms with Crippen LogP contribution in [0.1, 0.15) is 42.4 Å². The topological polar surface area (TPSA) is 206 Å². The van der Waals surface area contributed by atoms with Gasteiger partial charge in [-0.1, -0.05) is 21.9 Å². The van der Waals surface area contributed by atoms with E-state index < -0.39 is 22.0 Å². The Hall–Kier alpha value is -4.58. The standard InChI is InChI=1S/C33H47N9O7S/c1-24-19-27(49-18-6-11-30(44)35-16-12-34)20-25(2)31(24)50(46,47)40-28(32(45)48-3)22-41(23-43)42(29-10-5-4-9-26(29)21-39-42)17-8-15-38-33-36-13-7-14-37-33/h4-5,9-10,19-21,23,28,40H,6-8,11-18,22,34H2,1-3H3,(H2-,35,36,37,38,44)/p+1/t28-,42?/m0/s1. The summed E-state index contributed by atoms with van der Waals surface area (Å²) in [6.07, 6.45) is 4.47. The lowest BCUT2D eigenvalue weighted by molar-refractivity contribution is -0.146. The molecule has 2 aromatic rings. The van der Waals surface area contributed by atoms with Crippen LogP contribution in [0.25, 0.3) is 0 Å². The molecule has 0 saturated carbocycles.